The molecule has 0 radical (unpaired) electrons. The SMILES string of the molecule is CC(C)C(CNCCOC1CCCCC1)c1ccccc1. The molecule has 1 atom stereocenters. The van der Waals surface area contributed by atoms with E-state index < -0.39 is 0 Å². The summed E-state index contributed by atoms with van der Waals surface area (Å²) in [6.45, 7) is 7.46. The smallest absolute Gasteiger partial charge is 0.0594 e. The number of hydrogen-bond donors (Lipinski definition) is 1. The van der Waals surface area contributed by atoms with Crippen LogP contribution < -0.4 is 5.32 Å². The fourth-order valence-corrected chi connectivity index (χ4v) is 3.23. The maximum Gasteiger partial charge on any atom is 0.0594 e. The van der Waals surface area contributed by atoms with E-state index in [-0.39, 0.29) is 0 Å². The highest BCUT2D eigenvalue weighted by atomic mass is 16.5. The zero-order valence-electron chi connectivity index (χ0n) is 13.7. The van der Waals surface area contributed by atoms with Crippen LogP contribution in [0.4, 0.5) is 0 Å². The molecule has 1 saturated carbocycles. The lowest BCUT2D eigenvalue weighted by Crippen LogP contribution is -2.29. The van der Waals surface area contributed by atoms with E-state index in [4.69, 9.17) is 4.74 Å². The third-order valence-corrected chi connectivity index (χ3v) is 4.58. The van der Waals surface area contributed by atoms with E-state index in [1.807, 2.05) is 0 Å². The van der Waals surface area contributed by atoms with Crippen molar-refractivity contribution < 1.29 is 4.74 Å². The van der Waals surface area contributed by atoms with Gasteiger partial charge in [-0.1, -0.05) is 63.4 Å². The molecule has 0 amide bonds. The summed E-state index contributed by atoms with van der Waals surface area (Å²) >= 11 is 0. The van der Waals surface area contributed by atoms with E-state index >= 15 is 0 Å². The molecule has 0 aromatic heterocycles. The quantitative estimate of drug-likeness (QED) is 0.718. The molecule has 0 bridgehead atoms. The Kier molecular flexibility index (Phi) is 7.25. The second-order valence-corrected chi connectivity index (χ2v) is 6.60. The summed E-state index contributed by atoms with van der Waals surface area (Å²) in [4.78, 5) is 0. The molecule has 2 nitrogen and oxygen atoms in total. The van der Waals surface area contributed by atoms with Gasteiger partial charge in [0, 0.05) is 13.1 Å². The Morgan fingerprint density at radius 1 is 1.10 bits per heavy atom. The average molecular weight is 289 g/mol. The second-order valence-electron chi connectivity index (χ2n) is 6.60. The number of ether oxygens (including phenoxy) is 1. The van der Waals surface area contributed by atoms with Crippen LogP contribution in [0.1, 0.15) is 57.4 Å². The van der Waals surface area contributed by atoms with Gasteiger partial charge in [0.1, 0.15) is 0 Å². The lowest BCUT2D eigenvalue weighted by Gasteiger charge is -2.24. The van der Waals surface area contributed by atoms with E-state index in [0.29, 0.717) is 17.9 Å². The Balaban J connectivity index is 1.66. The summed E-state index contributed by atoms with van der Waals surface area (Å²) < 4.78 is 5.97. The molecule has 1 fully saturated rings. The van der Waals surface area contributed by atoms with Gasteiger partial charge in [0.05, 0.1) is 12.7 Å². The zero-order valence-corrected chi connectivity index (χ0v) is 13.7. The van der Waals surface area contributed by atoms with Crippen molar-refractivity contribution >= 4 is 0 Å². The molecule has 2 heteroatoms. The van der Waals surface area contributed by atoms with Crippen molar-refractivity contribution in [1.29, 1.82) is 0 Å². The van der Waals surface area contributed by atoms with Crippen LogP contribution in [-0.2, 0) is 4.74 Å². The van der Waals surface area contributed by atoms with Crippen LogP contribution in [0.2, 0.25) is 0 Å². The second kappa shape index (κ2) is 9.22. The van der Waals surface area contributed by atoms with Crippen LogP contribution in [0.3, 0.4) is 0 Å². The lowest BCUT2D eigenvalue weighted by atomic mass is 9.88. The summed E-state index contributed by atoms with van der Waals surface area (Å²) in [5.74, 6) is 1.24. The normalized spacial score (nSPS) is 18.0. The molecule has 0 aliphatic heterocycles. The van der Waals surface area contributed by atoms with Crippen molar-refractivity contribution in [2.75, 3.05) is 19.7 Å². The van der Waals surface area contributed by atoms with E-state index in [2.05, 4.69) is 49.5 Å². The van der Waals surface area contributed by atoms with Gasteiger partial charge in [0.2, 0.25) is 0 Å². The maximum atomic E-state index is 5.97. The van der Waals surface area contributed by atoms with Crippen molar-refractivity contribution in [3.8, 4) is 0 Å². The van der Waals surface area contributed by atoms with Crippen molar-refractivity contribution in [3.05, 3.63) is 35.9 Å². The van der Waals surface area contributed by atoms with Gasteiger partial charge < -0.3 is 10.1 Å². The Bertz CT molecular complexity index is 370. The van der Waals surface area contributed by atoms with Gasteiger partial charge in [-0.3, -0.25) is 0 Å². The Morgan fingerprint density at radius 3 is 2.48 bits per heavy atom. The highest BCUT2D eigenvalue weighted by Gasteiger charge is 2.16. The van der Waals surface area contributed by atoms with Gasteiger partial charge >= 0.3 is 0 Å². The minimum Gasteiger partial charge on any atom is -0.377 e. The molecule has 1 N–H and O–H groups in total. The maximum absolute atomic E-state index is 5.97. The van der Waals surface area contributed by atoms with Crippen LogP contribution >= 0.6 is 0 Å². The van der Waals surface area contributed by atoms with Gasteiger partial charge in [0.25, 0.3) is 0 Å². The summed E-state index contributed by atoms with van der Waals surface area (Å²) in [5, 5.41) is 3.58. The predicted octanol–water partition coefficient (Wildman–Crippen LogP) is 4.37. The van der Waals surface area contributed by atoms with E-state index in [9.17, 15) is 0 Å². The molecule has 2 rings (SSSR count). The van der Waals surface area contributed by atoms with Crippen LogP contribution in [0.5, 0.6) is 0 Å². The Morgan fingerprint density at radius 2 is 1.81 bits per heavy atom. The summed E-state index contributed by atoms with van der Waals surface area (Å²) in [6, 6.07) is 10.8. The molecule has 1 aromatic rings. The first-order valence-electron chi connectivity index (χ1n) is 8.64. The molecule has 1 aliphatic rings. The van der Waals surface area contributed by atoms with E-state index in [1.54, 1.807) is 0 Å². The van der Waals surface area contributed by atoms with Gasteiger partial charge in [-0.05, 0) is 30.2 Å². The molecule has 0 spiro atoms. The van der Waals surface area contributed by atoms with Crippen molar-refractivity contribution in [3.63, 3.8) is 0 Å². The fourth-order valence-electron chi connectivity index (χ4n) is 3.23. The molecule has 118 valence electrons. The topological polar surface area (TPSA) is 21.3 Å². The molecule has 1 aliphatic carbocycles. The largest absolute Gasteiger partial charge is 0.377 e. The van der Waals surface area contributed by atoms with Crippen molar-refractivity contribution in [1.82, 2.24) is 5.32 Å². The number of hydrogen-bond acceptors (Lipinski definition) is 2. The third-order valence-electron chi connectivity index (χ3n) is 4.58. The molecule has 1 aromatic carbocycles. The monoisotopic (exact) mass is 289 g/mol. The van der Waals surface area contributed by atoms with Gasteiger partial charge in [0.15, 0.2) is 0 Å². The van der Waals surface area contributed by atoms with Gasteiger partial charge in [-0.2, -0.15) is 0 Å². The average Bonchev–Trinajstić information content (AvgIpc) is 2.52. The first-order chi connectivity index (χ1) is 10.3. The summed E-state index contributed by atoms with van der Waals surface area (Å²) in [7, 11) is 0. The highest BCUT2D eigenvalue weighted by molar-refractivity contribution is 5.20. The van der Waals surface area contributed by atoms with Crippen LogP contribution in [0, 0.1) is 5.92 Å². The lowest BCUT2D eigenvalue weighted by molar-refractivity contribution is 0.0301. The number of nitrogens with one attached hydrogen (secondary N) is 1. The first kappa shape index (κ1) is 16.5. The van der Waals surface area contributed by atoms with Crippen molar-refractivity contribution in [2.24, 2.45) is 5.92 Å². The first-order valence-corrected chi connectivity index (χ1v) is 8.64. The molecule has 21 heavy (non-hydrogen) atoms. The molecule has 0 saturated heterocycles. The number of rotatable bonds is 8. The van der Waals surface area contributed by atoms with Crippen LogP contribution in [-0.4, -0.2) is 25.8 Å². The predicted molar refractivity (Wildman–Crippen MR) is 89.7 cm³/mol. The van der Waals surface area contributed by atoms with Gasteiger partial charge in [-0.15, -0.1) is 0 Å². The minimum absolute atomic E-state index is 0.524. The van der Waals surface area contributed by atoms with Gasteiger partial charge in [-0.25, -0.2) is 0 Å². The minimum atomic E-state index is 0.524. The summed E-state index contributed by atoms with van der Waals surface area (Å²) in [5.41, 5.74) is 1.44. The molecule has 0 heterocycles. The fraction of sp³-hybridized carbons (Fsp3) is 0.684. The molecular formula is C19H31NO. The van der Waals surface area contributed by atoms with E-state index in [0.717, 1.165) is 19.7 Å². The number of benzene rings is 1. The summed E-state index contributed by atoms with van der Waals surface area (Å²) in [6.07, 6.45) is 7.14. The van der Waals surface area contributed by atoms with Crippen LogP contribution in [0.25, 0.3) is 0 Å². The highest BCUT2D eigenvalue weighted by Crippen LogP contribution is 2.23. The van der Waals surface area contributed by atoms with Crippen molar-refractivity contribution in [2.45, 2.75) is 58.0 Å². The Hall–Kier alpha value is -0.860. The zero-order chi connectivity index (χ0) is 14.9. The van der Waals surface area contributed by atoms with E-state index in [1.165, 1.54) is 37.7 Å². The third kappa shape index (κ3) is 5.80. The van der Waals surface area contributed by atoms with Crippen LogP contribution in [0.15, 0.2) is 30.3 Å². The molecular weight excluding hydrogens is 258 g/mol. The Labute approximate surface area is 130 Å². The molecule has 1 unspecified atom stereocenters. The standard InChI is InChI=1S/C19H31NO/c1-16(2)19(17-9-5-3-6-10-17)15-20-13-14-21-18-11-7-4-8-12-18/h3,5-6,9-10,16,18-20H,4,7-8,11-15H2,1-2H3.